The normalized spacial score (nSPS) is 12.6. The van der Waals surface area contributed by atoms with Gasteiger partial charge in [-0.15, -0.1) is 5.10 Å². The van der Waals surface area contributed by atoms with E-state index in [1.165, 1.54) is 10.7 Å². The number of benzene rings is 2. The molecular formula is C19H15ClFN5O2. The molecule has 0 saturated heterocycles. The third kappa shape index (κ3) is 3.28. The highest BCUT2D eigenvalue weighted by Crippen LogP contribution is 2.27. The highest BCUT2D eigenvalue weighted by atomic mass is 35.5. The van der Waals surface area contributed by atoms with E-state index in [-0.39, 0.29) is 25.5 Å². The van der Waals surface area contributed by atoms with E-state index in [0.717, 1.165) is 0 Å². The molecular weight excluding hydrogens is 385 g/mol. The Morgan fingerprint density at radius 3 is 2.86 bits per heavy atom. The lowest BCUT2D eigenvalue weighted by Crippen LogP contribution is -2.27. The largest absolute Gasteiger partial charge is 0.395 e. The fourth-order valence-corrected chi connectivity index (χ4v) is 3.16. The van der Waals surface area contributed by atoms with Crippen LogP contribution in [0.5, 0.6) is 0 Å². The number of nitrogens with one attached hydrogen (secondary N) is 1. The number of aliphatic hydroxyl groups is 1. The van der Waals surface area contributed by atoms with Crippen LogP contribution in [0.1, 0.15) is 27.6 Å². The predicted octanol–water partition coefficient (Wildman–Crippen LogP) is 2.13. The van der Waals surface area contributed by atoms with E-state index >= 15 is 0 Å². The van der Waals surface area contributed by atoms with Crippen LogP contribution in [0.2, 0.25) is 5.02 Å². The van der Waals surface area contributed by atoms with Crippen molar-refractivity contribution >= 4 is 23.2 Å². The maximum Gasteiger partial charge on any atom is 0.291 e. The van der Waals surface area contributed by atoms with Crippen molar-refractivity contribution in [2.24, 2.45) is 4.99 Å². The quantitative estimate of drug-likeness (QED) is 0.703. The number of hydrogen-bond donors (Lipinski definition) is 2. The Labute approximate surface area is 164 Å². The summed E-state index contributed by atoms with van der Waals surface area (Å²) >= 11 is 6.18. The number of rotatable bonds is 4. The Kier molecular flexibility index (Phi) is 4.89. The molecule has 0 fully saturated rings. The van der Waals surface area contributed by atoms with Gasteiger partial charge in [-0.2, -0.15) is 0 Å². The summed E-state index contributed by atoms with van der Waals surface area (Å²) in [6, 6.07) is 11.5. The lowest BCUT2D eigenvalue weighted by molar-refractivity contribution is 0.0934. The number of fused-ring (bicyclic) bond motifs is 3. The molecule has 2 heterocycles. The zero-order valence-corrected chi connectivity index (χ0v) is 15.3. The van der Waals surface area contributed by atoms with Crippen molar-refractivity contribution in [3.8, 4) is 5.69 Å². The first-order valence-electron chi connectivity index (χ1n) is 8.53. The zero-order valence-electron chi connectivity index (χ0n) is 14.6. The van der Waals surface area contributed by atoms with Gasteiger partial charge in [-0.25, -0.2) is 14.1 Å². The van der Waals surface area contributed by atoms with E-state index in [4.69, 9.17) is 16.7 Å². The number of nitrogens with zero attached hydrogens (tertiary/aromatic N) is 4. The van der Waals surface area contributed by atoms with Crippen molar-refractivity contribution in [1.29, 1.82) is 0 Å². The Morgan fingerprint density at radius 1 is 1.25 bits per heavy atom. The molecule has 0 saturated carbocycles. The molecule has 1 aliphatic rings. The van der Waals surface area contributed by atoms with Gasteiger partial charge < -0.3 is 10.4 Å². The van der Waals surface area contributed by atoms with E-state index in [1.54, 1.807) is 36.4 Å². The molecule has 28 heavy (non-hydrogen) atoms. The summed E-state index contributed by atoms with van der Waals surface area (Å²) in [5.41, 5.74) is 1.96. The van der Waals surface area contributed by atoms with Gasteiger partial charge in [0.2, 0.25) is 5.82 Å². The van der Waals surface area contributed by atoms with Crippen LogP contribution in [-0.2, 0) is 6.54 Å². The van der Waals surface area contributed by atoms with Gasteiger partial charge in [-0.05, 0) is 30.3 Å². The number of carbonyl (C=O) groups is 1. The Balaban J connectivity index is 1.84. The summed E-state index contributed by atoms with van der Waals surface area (Å²) in [5, 5.41) is 16.1. The first-order valence-corrected chi connectivity index (χ1v) is 8.91. The summed E-state index contributed by atoms with van der Waals surface area (Å²) in [5.74, 6) is -0.495. The van der Waals surface area contributed by atoms with Crippen LogP contribution in [0.15, 0.2) is 47.5 Å². The van der Waals surface area contributed by atoms with Crippen LogP contribution < -0.4 is 5.32 Å². The van der Waals surface area contributed by atoms with Crippen molar-refractivity contribution < 1.29 is 14.3 Å². The topological polar surface area (TPSA) is 92.4 Å². The number of halogens is 2. The maximum absolute atomic E-state index is 14.4. The van der Waals surface area contributed by atoms with Gasteiger partial charge in [-0.1, -0.05) is 23.7 Å². The molecule has 2 N–H and O–H groups in total. The van der Waals surface area contributed by atoms with Crippen molar-refractivity contribution in [1.82, 2.24) is 20.1 Å². The van der Waals surface area contributed by atoms with E-state index in [9.17, 15) is 9.18 Å². The van der Waals surface area contributed by atoms with Gasteiger partial charge in [0.05, 0.1) is 24.6 Å². The lowest BCUT2D eigenvalue weighted by Gasteiger charge is -2.11. The van der Waals surface area contributed by atoms with Gasteiger partial charge in [0.1, 0.15) is 5.82 Å². The molecule has 4 rings (SSSR count). The minimum Gasteiger partial charge on any atom is -0.395 e. The van der Waals surface area contributed by atoms with Crippen LogP contribution in [0.4, 0.5) is 4.39 Å². The second-order valence-corrected chi connectivity index (χ2v) is 6.49. The van der Waals surface area contributed by atoms with Crippen molar-refractivity contribution in [2.45, 2.75) is 6.54 Å². The number of aromatic nitrogens is 3. The molecule has 0 atom stereocenters. The van der Waals surface area contributed by atoms with E-state index in [0.29, 0.717) is 33.4 Å². The Hall–Kier alpha value is -3.10. The van der Waals surface area contributed by atoms with Gasteiger partial charge in [-0.3, -0.25) is 9.79 Å². The molecule has 142 valence electrons. The first-order chi connectivity index (χ1) is 13.6. The number of carbonyl (C=O) groups excluding carboxylic acids is 1. The Bertz CT molecular complexity index is 1100. The monoisotopic (exact) mass is 399 g/mol. The van der Waals surface area contributed by atoms with Gasteiger partial charge in [0.15, 0.2) is 5.82 Å². The molecule has 1 aromatic heterocycles. The summed E-state index contributed by atoms with van der Waals surface area (Å²) < 4.78 is 15.9. The van der Waals surface area contributed by atoms with Crippen LogP contribution in [0, 0.1) is 5.82 Å². The highest BCUT2D eigenvalue weighted by molar-refractivity contribution is 6.31. The van der Waals surface area contributed by atoms with E-state index in [1.807, 2.05) is 0 Å². The average molecular weight is 400 g/mol. The second-order valence-electron chi connectivity index (χ2n) is 6.05. The number of hydrogen-bond acceptors (Lipinski definition) is 5. The fourth-order valence-electron chi connectivity index (χ4n) is 2.99. The number of aliphatic imine (C=N–C) groups is 1. The van der Waals surface area contributed by atoms with Crippen LogP contribution >= 0.6 is 11.6 Å². The lowest BCUT2D eigenvalue weighted by atomic mass is 10.00. The molecule has 2 aromatic carbocycles. The van der Waals surface area contributed by atoms with Gasteiger partial charge in [0.25, 0.3) is 5.91 Å². The molecule has 1 aliphatic heterocycles. The van der Waals surface area contributed by atoms with Crippen molar-refractivity contribution in [2.75, 3.05) is 13.2 Å². The third-order valence-electron chi connectivity index (χ3n) is 4.22. The van der Waals surface area contributed by atoms with Crippen LogP contribution in [-0.4, -0.2) is 44.6 Å². The minimum atomic E-state index is -0.497. The van der Waals surface area contributed by atoms with Crippen molar-refractivity contribution in [3.05, 3.63) is 76.1 Å². The molecule has 0 bridgehead atoms. The molecule has 9 heteroatoms. The van der Waals surface area contributed by atoms with E-state index in [2.05, 4.69) is 20.4 Å². The summed E-state index contributed by atoms with van der Waals surface area (Å²) in [7, 11) is 0. The predicted molar refractivity (Wildman–Crippen MR) is 102 cm³/mol. The average Bonchev–Trinajstić information content (AvgIpc) is 3.06. The molecule has 0 radical (unpaired) electrons. The highest BCUT2D eigenvalue weighted by Gasteiger charge is 2.25. The third-order valence-corrected chi connectivity index (χ3v) is 4.46. The Morgan fingerprint density at radius 2 is 2.07 bits per heavy atom. The number of aliphatic hydroxyl groups excluding tert-OH is 1. The molecule has 3 aromatic rings. The zero-order chi connectivity index (χ0) is 19.7. The molecule has 7 nitrogen and oxygen atoms in total. The smallest absolute Gasteiger partial charge is 0.291 e. The standard InChI is InChI=1S/C19H15ClFN5O2/c20-11-5-6-15-13(9-11)17(12-3-1-2-4-14(12)21)23-10-16-24-18(25-26(15)16)19(28)22-7-8-27/h1-6,9,27H,7-8,10H2,(H,22,28). The van der Waals surface area contributed by atoms with Crippen LogP contribution in [0.25, 0.3) is 5.69 Å². The molecule has 0 unspecified atom stereocenters. The van der Waals surface area contributed by atoms with Crippen LogP contribution in [0.3, 0.4) is 0 Å². The second kappa shape index (κ2) is 7.49. The molecule has 0 aliphatic carbocycles. The number of amides is 1. The van der Waals surface area contributed by atoms with Crippen molar-refractivity contribution in [3.63, 3.8) is 0 Å². The fraction of sp³-hybridized carbons (Fsp3) is 0.158. The minimum absolute atomic E-state index is 0.0334. The summed E-state index contributed by atoms with van der Waals surface area (Å²) in [6.45, 7) is 0.0255. The van der Waals surface area contributed by atoms with E-state index < -0.39 is 11.7 Å². The van der Waals surface area contributed by atoms with Gasteiger partial charge >= 0.3 is 0 Å². The SMILES string of the molecule is O=C(NCCO)c1nc2n(n1)-c1ccc(Cl)cc1C(c1ccccc1F)=NC2. The molecule has 0 spiro atoms. The summed E-state index contributed by atoms with van der Waals surface area (Å²) in [6.07, 6.45) is 0. The van der Waals surface area contributed by atoms with Gasteiger partial charge in [0, 0.05) is 22.7 Å². The molecule has 1 amide bonds. The summed E-state index contributed by atoms with van der Waals surface area (Å²) in [4.78, 5) is 20.9. The first kappa shape index (κ1) is 18.3. The maximum atomic E-state index is 14.4.